The standard InChI is InChI=1S/C12H16O3/c1-12(8-15-12)7-9-4-10(13-2)6-11(5-9)14-3/h4-6H,7-8H2,1-3H3. The van der Waals surface area contributed by atoms with Gasteiger partial charge in [0.05, 0.1) is 26.4 Å². The molecule has 0 N–H and O–H groups in total. The number of epoxide rings is 1. The second-order valence-corrected chi connectivity index (χ2v) is 4.14. The molecule has 1 saturated heterocycles. The zero-order valence-corrected chi connectivity index (χ0v) is 9.37. The van der Waals surface area contributed by atoms with E-state index in [4.69, 9.17) is 14.2 Å². The van der Waals surface area contributed by atoms with Gasteiger partial charge in [-0.1, -0.05) is 0 Å². The Morgan fingerprint density at radius 1 is 1.20 bits per heavy atom. The molecule has 0 saturated carbocycles. The van der Waals surface area contributed by atoms with E-state index in [0.29, 0.717) is 0 Å². The maximum Gasteiger partial charge on any atom is 0.122 e. The molecular formula is C12H16O3. The lowest BCUT2D eigenvalue weighted by Crippen LogP contribution is -2.08. The van der Waals surface area contributed by atoms with Gasteiger partial charge in [0.2, 0.25) is 0 Å². The van der Waals surface area contributed by atoms with Gasteiger partial charge in [0.15, 0.2) is 0 Å². The first kappa shape index (κ1) is 10.3. The third-order valence-corrected chi connectivity index (χ3v) is 2.63. The zero-order valence-electron chi connectivity index (χ0n) is 9.37. The van der Waals surface area contributed by atoms with E-state index in [2.05, 4.69) is 6.92 Å². The highest BCUT2D eigenvalue weighted by Gasteiger charge is 2.39. The lowest BCUT2D eigenvalue weighted by atomic mass is 10.0. The number of hydrogen-bond donors (Lipinski definition) is 0. The summed E-state index contributed by atoms with van der Waals surface area (Å²) in [5.41, 5.74) is 1.21. The van der Waals surface area contributed by atoms with E-state index in [1.54, 1.807) is 14.2 Å². The highest BCUT2D eigenvalue weighted by atomic mass is 16.6. The number of rotatable bonds is 4. The molecule has 0 radical (unpaired) electrons. The Kier molecular flexibility index (Phi) is 2.57. The molecule has 1 heterocycles. The van der Waals surface area contributed by atoms with Gasteiger partial charge in [-0.3, -0.25) is 0 Å². The largest absolute Gasteiger partial charge is 0.497 e. The van der Waals surface area contributed by atoms with Crippen LogP contribution in [0.1, 0.15) is 12.5 Å². The summed E-state index contributed by atoms with van der Waals surface area (Å²) in [5.74, 6) is 1.65. The van der Waals surface area contributed by atoms with Crippen LogP contribution in [-0.2, 0) is 11.2 Å². The predicted molar refractivity (Wildman–Crippen MR) is 57.6 cm³/mol. The summed E-state index contributed by atoms with van der Waals surface area (Å²) in [6.45, 7) is 2.95. The van der Waals surface area contributed by atoms with Crippen LogP contribution in [0.2, 0.25) is 0 Å². The minimum atomic E-state index is 0.0252. The Balaban J connectivity index is 2.21. The average Bonchev–Trinajstić information content (AvgIpc) is 2.95. The lowest BCUT2D eigenvalue weighted by Gasteiger charge is -2.10. The summed E-state index contributed by atoms with van der Waals surface area (Å²) in [7, 11) is 3.32. The van der Waals surface area contributed by atoms with Crippen LogP contribution in [0.25, 0.3) is 0 Å². The first-order chi connectivity index (χ1) is 7.15. The molecule has 1 aromatic rings. The fraction of sp³-hybridized carbons (Fsp3) is 0.500. The van der Waals surface area contributed by atoms with E-state index >= 15 is 0 Å². The molecule has 0 spiro atoms. The molecule has 1 fully saturated rings. The molecule has 1 atom stereocenters. The number of benzene rings is 1. The summed E-state index contributed by atoms with van der Waals surface area (Å²) < 4.78 is 15.8. The van der Waals surface area contributed by atoms with Crippen LogP contribution in [0, 0.1) is 0 Å². The molecule has 82 valence electrons. The molecule has 0 aromatic heterocycles. The second kappa shape index (κ2) is 3.74. The van der Waals surface area contributed by atoms with Crippen molar-refractivity contribution in [3.05, 3.63) is 23.8 Å². The first-order valence-corrected chi connectivity index (χ1v) is 5.01. The second-order valence-electron chi connectivity index (χ2n) is 4.14. The van der Waals surface area contributed by atoms with Crippen LogP contribution in [0.5, 0.6) is 11.5 Å². The van der Waals surface area contributed by atoms with E-state index in [9.17, 15) is 0 Å². The topological polar surface area (TPSA) is 31.0 Å². The maximum absolute atomic E-state index is 5.37. The highest BCUT2D eigenvalue weighted by molar-refractivity contribution is 5.39. The van der Waals surface area contributed by atoms with Gasteiger partial charge in [0.25, 0.3) is 0 Å². The van der Waals surface area contributed by atoms with Crippen molar-refractivity contribution >= 4 is 0 Å². The summed E-state index contributed by atoms with van der Waals surface area (Å²) >= 11 is 0. The molecule has 1 aliphatic rings. The Labute approximate surface area is 90.0 Å². The molecule has 0 amide bonds. The molecule has 0 aliphatic carbocycles. The van der Waals surface area contributed by atoms with Crippen LogP contribution in [0.15, 0.2) is 18.2 Å². The molecule has 1 unspecified atom stereocenters. The van der Waals surface area contributed by atoms with Crippen LogP contribution in [-0.4, -0.2) is 26.4 Å². The minimum absolute atomic E-state index is 0.0252. The van der Waals surface area contributed by atoms with Crippen LogP contribution < -0.4 is 9.47 Å². The molecule has 3 nitrogen and oxygen atoms in total. The summed E-state index contributed by atoms with van der Waals surface area (Å²) in [6.07, 6.45) is 0.903. The van der Waals surface area contributed by atoms with Gasteiger partial charge in [-0.15, -0.1) is 0 Å². The van der Waals surface area contributed by atoms with Crippen molar-refractivity contribution in [1.29, 1.82) is 0 Å². The molecule has 2 rings (SSSR count). The Morgan fingerprint density at radius 3 is 2.13 bits per heavy atom. The molecular weight excluding hydrogens is 192 g/mol. The Hall–Kier alpha value is -1.22. The van der Waals surface area contributed by atoms with Gasteiger partial charge < -0.3 is 14.2 Å². The molecule has 1 aromatic carbocycles. The minimum Gasteiger partial charge on any atom is -0.497 e. The maximum atomic E-state index is 5.37. The fourth-order valence-electron chi connectivity index (χ4n) is 1.63. The van der Waals surface area contributed by atoms with Crippen molar-refractivity contribution < 1.29 is 14.2 Å². The van der Waals surface area contributed by atoms with Gasteiger partial charge in [0.1, 0.15) is 11.5 Å². The number of hydrogen-bond acceptors (Lipinski definition) is 3. The van der Waals surface area contributed by atoms with Crippen LogP contribution in [0.4, 0.5) is 0 Å². The number of methoxy groups -OCH3 is 2. The van der Waals surface area contributed by atoms with Crippen molar-refractivity contribution in [3.8, 4) is 11.5 Å². The quantitative estimate of drug-likeness (QED) is 0.709. The third-order valence-electron chi connectivity index (χ3n) is 2.63. The number of ether oxygens (including phenoxy) is 3. The monoisotopic (exact) mass is 208 g/mol. The SMILES string of the molecule is COc1cc(CC2(C)CO2)cc(OC)c1. The molecule has 3 heteroatoms. The molecule has 15 heavy (non-hydrogen) atoms. The predicted octanol–water partition coefficient (Wildman–Crippen LogP) is 2.04. The van der Waals surface area contributed by atoms with Gasteiger partial charge >= 0.3 is 0 Å². The van der Waals surface area contributed by atoms with E-state index in [1.165, 1.54) is 5.56 Å². The Bertz CT molecular complexity index is 334. The zero-order chi connectivity index (χ0) is 10.9. The van der Waals surface area contributed by atoms with E-state index in [-0.39, 0.29) is 5.60 Å². The molecule has 1 aliphatic heterocycles. The van der Waals surface area contributed by atoms with E-state index in [1.807, 2.05) is 18.2 Å². The third kappa shape index (κ3) is 2.42. The van der Waals surface area contributed by atoms with Gasteiger partial charge in [0, 0.05) is 12.5 Å². The van der Waals surface area contributed by atoms with Gasteiger partial charge in [-0.25, -0.2) is 0 Å². The first-order valence-electron chi connectivity index (χ1n) is 5.01. The van der Waals surface area contributed by atoms with Crippen molar-refractivity contribution in [1.82, 2.24) is 0 Å². The molecule has 0 bridgehead atoms. The van der Waals surface area contributed by atoms with Crippen molar-refractivity contribution in [2.75, 3.05) is 20.8 Å². The lowest BCUT2D eigenvalue weighted by molar-refractivity contribution is 0.321. The van der Waals surface area contributed by atoms with Gasteiger partial charge in [-0.2, -0.15) is 0 Å². The fourth-order valence-corrected chi connectivity index (χ4v) is 1.63. The summed E-state index contributed by atoms with van der Waals surface area (Å²) in [6, 6.07) is 5.92. The summed E-state index contributed by atoms with van der Waals surface area (Å²) in [5, 5.41) is 0. The van der Waals surface area contributed by atoms with E-state index in [0.717, 1.165) is 24.5 Å². The van der Waals surface area contributed by atoms with Crippen molar-refractivity contribution in [2.24, 2.45) is 0 Å². The van der Waals surface area contributed by atoms with E-state index < -0.39 is 0 Å². The van der Waals surface area contributed by atoms with Gasteiger partial charge in [-0.05, 0) is 24.6 Å². The van der Waals surface area contributed by atoms with Crippen LogP contribution in [0.3, 0.4) is 0 Å². The normalized spacial score (nSPS) is 23.7. The van der Waals surface area contributed by atoms with Crippen molar-refractivity contribution in [3.63, 3.8) is 0 Å². The Morgan fingerprint density at radius 2 is 1.73 bits per heavy atom. The average molecular weight is 208 g/mol. The van der Waals surface area contributed by atoms with Crippen LogP contribution >= 0.6 is 0 Å². The highest BCUT2D eigenvalue weighted by Crippen LogP contribution is 2.32. The van der Waals surface area contributed by atoms with Crippen molar-refractivity contribution in [2.45, 2.75) is 18.9 Å². The smallest absolute Gasteiger partial charge is 0.122 e. The summed E-state index contributed by atoms with van der Waals surface area (Å²) in [4.78, 5) is 0.